The zero-order valence-electron chi connectivity index (χ0n) is 17.6. The van der Waals surface area contributed by atoms with Gasteiger partial charge in [-0.1, -0.05) is 13.8 Å². The number of hydrogen-bond donors (Lipinski definition) is 1. The highest BCUT2D eigenvalue weighted by molar-refractivity contribution is 14.0. The second-order valence-electron chi connectivity index (χ2n) is 7.39. The van der Waals surface area contributed by atoms with E-state index in [2.05, 4.69) is 31.0 Å². The van der Waals surface area contributed by atoms with Crippen LogP contribution in [0.15, 0.2) is 4.99 Å². The molecule has 0 aromatic carbocycles. The predicted molar refractivity (Wildman–Crippen MR) is 123 cm³/mol. The molecule has 1 heterocycles. The SMILES string of the molecule is CCNC(=NCCCC(C)C)N1CCN(S(=O)(=O)CCOC(C)C)CC1.I. The molecule has 1 aliphatic rings. The van der Waals surface area contributed by atoms with Gasteiger partial charge in [-0.25, -0.2) is 8.42 Å². The van der Waals surface area contributed by atoms with Crippen LogP contribution < -0.4 is 5.32 Å². The molecule has 0 bridgehead atoms. The van der Waals surface area contributed by atoms with E-state index in [9.17, 15) is 8.42 Å². The number of hydrogen-bond acceptors (Lipinski definition) is 4. The summed E-state index contributed by atoms with van der Waals surface area (Å²) in [7, 11) is -3.25. The number of guanidine groups is 1. The Bertz CT molecular complexity index is 519. The highest BCUT2D eigenvalue weighted by atomic mass is 127. The van der Waals surface area contributed by atoms with Crippen LogP contribution in [0.4, 0.5) is 0 Å². The maximum Gasteiger partial charge on any atom is 0.216 e. The fraction of sp³-hybridized carbons (Fsp3) is 0.944. The lowest BCUT2D eigenvalue weighted by molar-refractivity contribution is 0.0904. The van der Waals surface area contributed by atoms with Crippen LogP contribution in [-0.2, 0) is 14.8 Å². The first-order valence-electron chi connectivity index (χ1n) is 9.89. The number of rotatable bonds is 10. The quantitative estimate of drug-likeness (QED) is 0.208. The van der Waals surface area contributed by atoms with Crippen molar-refractivity contribution in [1.82, 2.24) is 14.5 Å². The van der Waals surface area contributed by atoms with Crippen molar-refractivity contribution in [2.45, 2.75) is 53.6 Å². The molecule has 0 spiro atoms. The van der Waals surface area contributed by atoms with Crippen molar-refractivity contribution >= 4 is 40.0 Å². The molecule has 0 unspecified atom stereocenters. The third kappa shape index (κ3) is 10.8. The average Bonchev–Trinajstić information content (AvgIpc) is 2.57. The highest BCUT2D eigenvalue weighted by Gasteiger charge is 2.27. The van der Waals surface area contributed by atoms with Gasteiger partial charge >= 0.3 is 0 Å². The Morgan fingerprint density at radius 1 is 1.15 bits per heavy atom. The van der Waals surface area contributed by atoms with Crippen LogP contribution in [0.25, 0.3) is 0 Å². The van der Waals surface area contributed by atoms with Crippen LogP contribution in [0.5, 0.6) is 0 Å². The van der Waals surface area contributed by atoms with Crippen molar-refractivity contribution in [3.63, 3.8) is 0 Å². The fourth-order valence-electron chi connectivity index (χ4n) is 2.81. The van der Waals surface area contributed by atoms with Crippen LogP contribution in [-0.4, -0.2) is 81.3 Å². The standard InChI is InChI=1S/C18H38N4O3S.HI/c1-6-19-18(20-9-7-8-16(2)3)21-10-12-22(13-11-21)26(23,24)15-14-25-17(4)5;/h16-17H,6-15H2,1-5H3,(H,19,20);1H. The smallest absolute Gasteiger partial charge is 0.216 e. The summed E-state index contributed by atoms with van der Waals surface area (Å²) in [6, 6.07) is 0. The third-order valence-electron chi connectivity index (χ3n) is 4.26. The normalized spacial score (nSPS) is 16.7. The highest BCUT2D eigenvalue weighted by Crippen LogP contribution is 2.10. The first-order valence-corrected chi connectivity index (χ1v) is 11.5. The van der Waals surface area contributed by atoms with E-state index < -0.39 is 10.0 Å². The lowest BCUT2D eigenvalue weighted by atomic mass is 10.1. The van der Waals surface area contributed by atoms with Crippen molar-refractivity contribution in [3.05, 3.63) is 0 Å². The number of halogens is 1. The van der Waals surface area contributed by atoms with Gasteiger partial charge in [-0.3, -0.25) is 4.99 Å². The summed E-state index contributed by atoms with van der Waals surface area (Å²) in [5.74, 6) is 1.65. The topological polar surface area (TPSA) is 74.2 Å². The fourth-order valence-corrected chi connectivity index (χ4v) is 4.09. The van der Waals surface area contributed by atoms with Gasteiger partial charge in [0.05, 0.1) is 18.5 Å². The molecule has 0 aromatic heterocycles. The largest absolute Gasteiger partial charge is 0.378 e. The number of sulfonamides is 1. The van der Waals surface area contributed by atoms with Crippen molar-refractivity contribution in [2.75, 3.05) is 51.6 Å². The molecular formula is C18H39IN4O3S. The monoisotopic (exact) mass is 518 g/mol. The minimum atomic E-state index is -3.25. The van der Waals surface area contributed by atoms with E-state index >= 15 is 0 Å². The Morgan fingerprint density at radius 3 is 2.30 bits per heavy atom. The lowest BCUT2D eigenvalue weighted by Crippen LogP contribution is -2.54. The summed E-state index contributed by atoms with van der Waals surface area (Å²) in [4.78, 5) is 6.87. The Labute approximate surface area is 183 Å². The summed E-state index contributed by atoms with van der Waals surface area (Å²) in [6.07, 6.45) is 2.31. The van der Waals surface area contributed by atoms with Crippen LogP contribution >= 0.6 is 24.0 Å². The summed E-state index contributed by atoms with van der Waals surface area (Å²) < 4.78 is 31.8. The van der Waals surface area contributed by atoms with E-state index in [0.717, 1.165) is 25.5 Å². The second-order valence-corrected chi connectivity index (χ2v) is 9.48. The molecule has 0 radical (unpaired) electrons. The van der Waals surface area contributed by atoms with E-state index in [-0.39, 0.29) is 42.4 Å². The van der Waals surface area contributed by atoms with E-state index in [1.54, 1.807) is 4.31 Å². The van der Waals surface area contributed by atoms with Crippen LogP contribution in [0.3, 0.4) is 0 Å². The lowest BCUT2D eigenvalue weighted by Gasteiger charge is -2.36. The van der Waals surface area contributed by atoms with E-state index in [1.807, 2.05) is 13.8 Å². The van der Waals surface area contributed by atoms with Crippen LogP contribution in [0.2, 0.25) is 0 Å². The van der Waals surface area contributed by atoms with Gasteiger partial charge in [-0.15, -0.1) is 24.0 Å². The van der Waals surface area contributed by atoms with Crippen molar-refractivity contribution in [2.24, 2.45) is 10.9 Å². The average molecular weight is 519 g/mol. The van der Waals surface area contributed by atoms with Gasteiger partial charge in [0, 0.05) is 39.3 Å². The van der Waals surface area contributed by atoms with Crippen LogP contribution in [0.1, 0.15) is 47.5 Å². The van der Waals surface area contributed by atoms with E-state index in [1.165, 1.54) is 6.42 Å². The molecule has 1 rings (SSSR count). The Kier molecular flexibility index (Phi) is 13.9. The second kappa shape index (κ2) is 13.9. The van der Waals surface area contributed by atoms with Crippen molar-refractivity contribution < 1.29 is 13.2 Å². The van der Waals surface area contributed by atoms with Crippen LogP contribution in [0, 0.1) is 5.92 Å². The van der Waals surface area contributed by atoms with Gasteiger partial charge in [0.1, 0.15) is 0 Å². The summed E-state index contributed by atoms with van der Waals surface area (Å²) >= 11 is 0. The van der Waals surface area contributed by atoms with Crippen molar-refractivity contribution in [3.8, 4) is 0 Å². The van der Waals surface area contributed by atoms with Gasteiger partial charge in [-0.05, 0) is 39.5 Å². The number of nitrogens with zero attached hydrogens (tertiary/aromatic N) is 3. The summed E-state index contributed by atoms with van der Waals surface area (Å²) in [5, 5.41) is 3.33. The van der Waals surface area contributed by atoms with Gasteiger partial charge in [0.25, 0.3) is 0 Å². The van der Waals surface area contributed by atoms with E-state index in [4.69, 9.17) is 9.73 Å². The molecule has 27 heavy (non-hydrogen) atoms. The number of piperazine rings is 1. The molecule has 1 saturated heterocycles. The zero-order chi connectivity index (χ0) is 19.6. The minimum Gasteiger partial charge on any atom is -0.378 e. The molecule has 0 aromatic rings. The minimum absolute atomic E-state index is 0. The molecule has 0 atom stereocenters. The van der Waals surface area contributed by atoms with Gasteiger partial charge in [0.2, 0.25) is 10.0 Å². The predicted octanol–water partition coefficient (Wildman–Crippen LogP) is 2.38. The first kappa shape index (κ1) is 26.9. The number of aliphatic imine (C=N–C) groups is 1. The molecule has 0 aliphatic carbocycles. The molecule has 1 fully saturated rings. The molecule has 162 valence electrons. The zero-order valence-corrected chi connectivity index (χ0v) is 20.8. The maximum atomic E-state index is 12.4. The number of nitrogens with one attached hydrogen (secondary N) is 1. The van der Waals surface area contributed by atoms with Crippen molar-refractivity contribution in [1.29, 1.82) is 0 Å². The van der Waals surface area contributed by atoms with Gasteiger partial charge < -0.3 is 15.0 Å². The number of ether oxygens (including phenoxy) is 1. The molecule has 1 aliphatic heterocycles. The molecule has 0 saturated carbocycles. The summed E-state index contributed by atoms with van der Waals surface area (Å²) in [6.45, 7) is 14.5. The molecular weight excluding hydrogens is 479 g/mol. The maximum absolute atomic E-state index is 12.4. The van der Waals surface area contributed by atoms with Gasteiger partial charge in [-0.2, -0.15) is 4.31 Å². The third-order valence-corrected chi connectivity index (χ3v) is 6.09. The Morgan fingerprint density at radius 2 is 1.78 bits per heavy atom. The summed E-state index contributed by atoms with van der Waals surface area (Å²) in [5.41, 5.74) is 0. The first-order chi connectivity index (χ1) is 12.3. The van der Waals surface area contributed by atoms with E-state index in [0.29, 0.717) is 32.1 Å². The Hall–Kier alpha value is -0.130. The molecule has 0 amide bonds. The molecule has 7 nitrogen and oxygen atoms in total. The molecule has 9 heteroatoms. The Balaban J connectivity index is 0.00000676. The van der Waals surface area contributed by atoms with Gasteiger partial charge in [0.15, 0.2) is 5.96 Å². The molecule has 1 N–H and O–H groups in total.